The van der Waals surface area contributed by atoms with Crippen LogP contribution in [0, 0.1) is 0 Å². The maximum absolute atomic E-state index is 5.28. The predicted octanol–water partition coefficient (Wildman–Crippen LogP) is 7.15. The fourth-order valence-electron chi connectivity index (χ4n) is 3.80. The minimum absolute atomic E-state index is 0.266. The van der Waals surface area contributed by atoms with Crippen molar-refractivity contribution in [2.75, 3.05) is 0 Å². The van der Waals surface area contributed by atoms with E-state index in [1.54, 1.807) is 0 Å². The van der Waals surface area contributed by atoms with E-state index in [-0.39, 0.29) is 11.8 Å². The van der Waals surface area contributed by atoms with E-state index in [1.165, 1.54) is 22.3 Å². The Morgan fingerprint density at radius 2 is 0.581 bits per heavy atom. The summed E-state index contributed by atoms with van der Waals surface area (Å²) in [6.07, 6.45) is 0. The number of hydrogen-bond acceptors (Lipinski definition) is 0. The molecule has 0 fully saturated rings. The van der Waals surface area contributed by atoms with Gasteiger partial charge in [-0.15, -0.1) is 0 Å². The molecule has 0 nitrogen and oxygen atoms in total. The molecular weight excluding hydrogens is 519 g/mol. The fourth-order valence-corrected chi connectivity index (χ4v) is 3.80. The molecule has 0 unspecified atom stereocenters. The van der Waals surface area contributed by atoms with Gasteiger partial charge in [-0.1, -0.05) is 121 Å². The van der Waals surface area contributed by atoms with Gasteiger partial charge in [0.1, 0.15) is 0 Å². The van der Waals surface area contributed by atoms with Crippen LogP contribution in [-0.4, -0.2) is 20.4 Å². The summed E-state index contributed by atoms with van der Waals surface area (Å²) >= 11 is 16.3. The second kappa shape index (κ2) is 11.9. The van der Waals surface area contributed by atoms with Gasteiger partial charge < -0.3 is 0 Å². The molecule has 5 heteroatoms. The molecule has 0 amide bonds. The molecule has 0 radical (unpaired) electrons. The summed E-state index contributed by atoms with van der Waals surface area (Å²) in [6, 6.07) is 43.4. The van der Waals surface area contributed by atoms with E-state index < -0.39 is 4.53 Å². The van der Waals surface area contributed by atoms with E-state index in [2.05, 4.69) is 121 Å². The Morgan fingerprint density at radius 3 is 0.742 bits per heavy atom. The van der Waals surface area contributed by atoms with Crippen LogP contribution in [0.2, 0.25) is 0 Å². The van der Waals surface area contributed by atoms with Crippen LogP contribution in [0.15, 0.2) is 121 Å². The molecule has 0 aliphatic rings. The first kappa shape index (κ1) is 24.2. The maximum atomic E-state index is 5.28. The molecule has 0 saturated heterocycles. The van der Waals surface area contributed by atoms with E-state index in [4.69, 9.17) is 33.2 Å². The van der Waals surface area contributed by atoms with E-state index in [9.17, 15) is 0 Å². The van der Waals surface area contributed by atoms with E-state index in [0.717, 1.165) is 0 Å². The molecule has 0 bridgehead atoms. The van der Waals surface area contributed by atoms with E-state index >= 15 is 0 Å². The van der Waals surface area contributed by atoms with Crippen molar-refractivity contribution in [3.8, 4) is 0 Å². The zero-order chi connectivity index (χ0) is 22.1. The van der Waals surface area contributed by atoms with Crippen molar-refractivity contribution in [3.63, 3.8) is 0 Å². The summed E-state index contributed by atoms with van der Waals surface area (Å²) in [7, 11) is 0. The molecule has 158 valence electrons. The molecule has 0 aromatic heterocycles. The topological polar surface area (TPSA) is 0 Å². The average molecular weight is 545 g/mol. The Hall–Kier alpha value is -1.49. The second-order valence-electron chi connectivity index (χ2n) is 7.38. The monoisotopic (exact) mass is 544 g/mol. The summed E-state index contributed by atoms with van der Waals surface area (Å²) in [5.74, 6) is 0.532. The van der Waals surface area contributed by atoms with Gasteiger partial charge in [-0.3, -0.25) is 0 Å². The quantitative estimate of drug-likeness (QED) is 0.185. The van der Waals surface area contributed by atoms with Crippen molar-refractivity contribution in [3.05, 3.63) is 144 Å². The molecule has 4 rings (SSSR count). The first-order valence-corrected chi connectivity index (χ1v) is 22.0. The van der Waals surface area contributed by atoms with Gasteiger partial charge in [0.25, 0.3) is 0 Å². The normalized spacial score (nSPS) is 11.3. The van der Waals surface area contributed by atoms with Gasteiger partial charge in [0.2, 0.25) is 0 Å². The SMILES string of the molecule is Cl[Si](Cl)(Cl)[GeH3].c1ccc(C(c2ccccc2)C(c2ccccc2)c2ccccc2)cc1. The van der Waals surface area contributed by atoms with Gasteiger partial charge in [0.05, 0.1) is 0 Å². The van der Waals surface area contributed by atoms with Gasteiger partial charge in [-0.25, -0.2) is 0 Å². The molecule has 0 atom stereocenters. The van der Waals surface area contributed by atoms with Gasteiger partial charge in [-0.2, -0.15) is 0 Å². The molecule has 4 aromatic rings. The van der Waals surface area contributed by atoms with Crippen molar-refractivity contribution >= 4 is 53.6 Å². The van der Waals surface area contributed by atoms with Crippen LogP contribution >= 0.6 is 33.2 Å². The Bertz CT molecular complexity index is 858. The molecule has 4 aromatic carbocycles. The predicted molar refractivity (Wildman–Crippen MR) is 143 cm³/mol. The minimum Gasteiger partial charge on any atom is -0.0622 e. The molecule has 31 heavy (non-hydrogen) atoms. The van der Waals surface area contributed by atoms with Crippen LogP contribution in [0.1, 0.15) is 34.1 Å². The zero-order valence-corrected chi connectivity index (χ0v) is 24.8. The van der Waals surface area contributed by atoms with Crippen molar-refractivity contribution < 1.29 is 0 Å². The Morgan fingerprint density at radius 1 is 0.419 bits per heavy atom. The summed E-state index contributed by atoms with van der Waals surface area (Å²) in [6.45, 7) is 0. The third kappa shape index (κ3) is 7.85. The number of benzene rings is 4. The second-order valence-corrected chi connectivity index (χ2v) is 38.9. The standard InChI is InChI=1S/C26H22.Cl3GeH3Si/c1-5-13-21(14-6-1)25(22-15-7-2-8-16-22)26(23-17-9-3-10-18-23)24-19-11-4-12-20-24;1-5(2,3)4/h1-20,25-26H;4H3. The van der Waals surface area contributed by atoms with Crippen LogP contribution in [-0.2, 0) is 0 Å². The summed E-state index contributed by atoms with van der Waals surface area (Å²) in [4.78, 5) is 0. The maximum Gasteiger partial charge on any atom is 0.0199 e. The van der Waals surface area contributed by atoms with Crippen LogP contribution in [0.25, 0.3) is 0 Å². The largest absolute Gasteiger partial charge is 0.0622 e. The first-order valence-electron chi connectivity index (χ1n) is 10.2. The van der Waals surface area contributed by atoms with Crippen molar-refractivity contribution in [2.45, 2.75) is 11.8 Å². The van der Waals surface area contributed by atoms with Crippen LogP contribution in [0.3, 0.4) is 0 Å². The fraction of sp³-hybridized carbons (Fsp3) is 0.0769. The van der Waals surface area contributed by atoms with Gasteiger partial charge in [0.15, 0.2) is 0 Å². The number of halogens is 3. The number of hydrogen-bond donors (Lipinski definition) is 0. The van der Waals surface area contributed by atoms with Crippen LogP contribution in [0.5, 0.6) is 0 Å². The summed E-state index contributed by atoms with van der Waals surface area (Å²) in [5, 5.41) is 0. The molecule has 0 aliphatic heterocycles. The van der Waals surface area contributed by atoms with Gasteiger partial charge in [0, 0.05) is 11.8 Å². The summed E-state index contributed by atoms with van der Waals surface area (Å²) in [5.41, 5.74) is 5.38. The Kier molecular flexibility index (Phi) is 9.30. The smallest absolute Gasteiger partial charge is 0.0199 e. The third-order valence-corrected chi connectivity index (χ3v) is 4.97. The van der Waals surface area contributed by atoms with Gasteiger partial charge in [-0.05, 0) is 22.3 Å². The Labute approximate surface area is 208 Å². The average Bonchev–Trinajstić information content (AvgIpc) is 2.78. The Balaban J connectivity index is 0.000000491. The molecule has 0 heterocycles. The molecule has 0 saturated carbocycles. The van der Waals surface area contributed by atoms with E-state index in [0.29, 0.717) is 15.9 Å². The van der Waals surface area contributed by atoms with Crippen molar-refractivity contribution in [1.29, 1.82) is 0 Å². The summed E-state index contributed by atoms with van der Waals surface area (Å²) < 4.78 is -2.01. The van der Waals surface area contributed by atoms with Crippen molar-refractivity contribution in [1.82, 2.24) is 0 Å². The van der Waals surface area contributed by atoms with Gasteiger partial charge >= 0.3 is 53.6 Å². The first-order chi connectivity index (χ1) is 14.9. The molecule has 0 spiro atoms. The zero-order valence-electron chi connectivity index (χ0n) is 17.3. The minimum atomic E-state index is -2.01. The molecule has 0 N–H and O–H groups in total. The van der Waals surface area contributed by atoms with Crippen LogP contribution < -0.4 is 0 Å². The molecule has 0 aliphatic carbocycles. The molecular formula is C26H25Cl3GeSi. The number of rotatable bonds is 5. The third-order valence-electron chi connectivity index (χ3n) is 4.97. The van der Waals surface area contributed by atoms with Crippen LogP contribution in [0.4, 0.5) is 0 Å². The van der Waals surface area contributed by atoms with E-state index in [1.807, 2.05) is 0 Å². The van der Waals surface area contributed by atoms with Crippen molar-refractivity contribution in [2.24, 2.45) is 0 Å².